The van der Waals surface area contributed by atoms with Gasteiger partial charge in [0, 0.05) is 10.6 Å². The number of rotatable bonds is 5. The van der Waals surface area contributed by atoms with Gasteiger partial charge in [0.25, 0.3) is 0 Å². The molecular formula is C19H22F3N3O3S. The molecule has 1 N–H and O–H groups in total. The molecule has 6 nitrogen and oxygen atoms in total. The van der Waals surface area contributed by atoms with E-state index in [0.717, 1.165) is 46.9 Å². The largest absolute Gasteiger partial charge is 0.462 e. The molecule has 1 aliphatic carbocycles. The van der Waals surface area contributed by atoms with Crippen LogP contribution in [0.1, 0.15) is 64.9 Å². The topological polar surface area (TPSA) is 73.2 Å². The molecule has 2 heterocycles. The highest BCUT2D eigenvalue weighted by Crippen LogP contribution is 2.39. The average Bonchev–Trinajstić information content (AvgIpc) is 3.21. The maximum Gasteiger partial charge on any atom is 0.435 e. The first kappa shape index (κ1) is 21.4. The van der Waals surface area contributed by atoms with Gasteiger partial charge in [-0.1, -0.05) is 0 Å². The van der Waals surface area contributed by atoms with Crippen LogP contribution in [0.5, 0.6) is 0 Å². The van der Waals surface area contributed by atoms with Gasteiger partial charge in [-0.25, -0.2) is 4.79 Å². The Bertz CT molecular complexity index is 933. The predicted molar refractivity (Wildman–Crippen MR) is 102 cm³/mol. The Balaban J connectivity index is 1.88. The number of hydrogen-bond donors (Lipinski definition) is 1. The number of aryl methyl sites for hydroxylation is 2. The molecule has 0 aliphatic heterocycles. The minimum absolute atomic E-state index is 0.208. The molecule has 0 saturated carbocycles. The van der Waals surface area contributed by atoms with Crippen LogP contribution in [0.15, 0.2) is 6.07 Å². The van der Waals surface area contributed by atoms with Gasteiger partial charge in [0.2, 0.25) is 5.91 Å². The number of fused-ring (bicyclic) bond motifs is 1. The fraction of sp³-hybridized carbons (Fsp3) is 0.526. The van der Waals surface area contributed by atoms with E-state index >= 15 is 0 Å². The highest BCUT2D eigenvalue weighted by molar-refractivity contribution is 7.17. The van der Waals surface area contributed by atoms with Gasteiger partial charge < -0.3 is 10.1 Å². The van der Waals surface area contributed by atoms with E-state index in [0.29, 0.717) is 10.6 Å². The highest BCUT2D eigenvalue weighted by Gasteiger charge is 2.36. The summed E-state index contributed by atoms with van der Waals surface area (Å²) in [6.45, 7) is 4.84. The van der Waals surface area contributed by atoms with Crippen molar-refractivity contribution in [2.45, 2.75) is 58.7 Å². The van der Waals surface area contributed by atoms with Crippen LogP contribution in [-0.2, 0) is 28.5 Å². The van der Waals surface area contributed by atoms with Crippen molar-refractivity contribution in [2.24, 2.45) is 0 Å². The third kappa shape index (κ3) is 4.31. The standard InChI is InChI=1S/C19H22F3N3O3S/c1-4-28-18(27)15-12-7-5-6-8-13(12)29-17(15)23-16(26)11(3)25-10(2)9-14(24-25)19(20,21)22/h9,11H,4-8H2,1-3H3,(H,23,26). The zero-order chi connectivity index (χ0) is 21.3. The first-order valence-electron chi connectivity index (χ1n) is 9.39. The number of esters is 1. The van der Waals surface area contributed by atoms with Gasteiger partial charge in [-0.05, 0) is 58.1 Å². The second-order valence-corrected chi connectivity index (χ2v) is 8.02. The van der Waals surface area contributed by atoms with Crippen LogP contribution >= 0.6 is 11.3 Å². The van der Waals surface area contributed by atoms with Gasteiger partial charge >= 0.3 is 12.1 Å². The number of carbonyl (C=O) groups excluding carboxylic acids is 2. The molecule has 0 fully saturated rings. The monoisotopic (exact) mass is 429 g/mol. The second kappa shape index (κ2) is 8.17. The molecule has 1 unspecified atom stereocenters. The Morgan fingerprint density at radius 3 is 2.66 bits per heavy atom. The summed E-state index contributed by atoms with van der Waals surface area (Å²) in [5.74, 6) is -1.04. The van der Waals surface area contributed by atoms with Gasteiger partial charge in [-0.15, -0.1) is 11.3 Å². The van der Waals surface area contributed by atoms with Crippen molar-refractivity contribution in [3.63, 3.8) is 0 Å². The van der Waals surface area contributed by atoms with Gasteiger partial charge in [-0.3, -0.25) is 9.48 Å². The Hall–Kier alpha value is -2.36. The number of hydrogen-bond acceptors (Lipinski definition) is 5. The molecule has 0 bridgehead atoms. The quantitative estimate of drug-likeness (QED) is 0.709. The Labute approximate surface area is 170 Å². The highest BCUT2D eigenvalue weighted by atomic mass is 32.1. The number of halogens is 3. The number of amides is 1. The second-order valence-electron chi connectivity index (χ2n) is 6.91. The van der Waals surface area contributed by atoms with E-state index in [2.05, 4.69) is 10.4 Å². The van der Waals surface area contributed by atoms with E-state index in [1.165, 1.54) is 25.2 Å². The van der Waals surface area contributed by atoms with Crippen molar-refractivity contribution in [3.05, 3.63) is 33.5 Å². The maximum absolute atomic E-state index is 12.9. The Morgan fingerprint density at radius 2 is 2.03 bits per heavy atom. The summed E-state index contributed by atoms with van der Waals surface area (Å²) in [5, 5.41) is 6.64. The van der Waals surface area contributed by atoms with Crippen LogP contribution in [0.25, 0.3) is 0 Å². The molecule has 0 radical (unpaired) electrons. The molecule has 0 saturated heterocycles. The lowest BCUT2D eigenvalue weighted by atomic mass is 9.95. The van der Waals surface area contributed by atoms with Crippen LogP contribution in [0, 0.1) is 6.92 Å². The smallest absolute Gasteiger partial charge is 0.435 e. The van der Waals surface area contributed by atoms with Crippen LogP contribution in [0.4, 0.5) is 18.2 Å². The molecule has 1 atom stereocenters. The van der Waals surface area contributed by atoms with E-state index in [9.17, 15) is 22.8 Å². The number of nitrogens with zero attached hydrogens (tertiary/aromatic N) is 2. The van der Waals surface area contributed by atoms with Gasteiger partial charge in [0.05, 0.1) is 12.2 Å². The van der Waals surface area contributed by atoms with E-state index in [4.69, 9.17) is 4.74 Å². The number of ether oxygens (including phenoxy) is 1. The Kier molecular flexibility index (Phi) is 6.02. The van der Waals surface area contributed by atoms with Crippen LogP contribution in [-0.4, -0.2) is 28.3 Å². The van der Waals surface area contributed by atoms with Crippen molar-refractivity contribution in [1.82, 2.24) is 9.78 Å². The van der Waals surface area contributed by atoms with Crippen molar-refractivity contribution >= 4 is 28.2 Å². The number of nitrogens with one attached hydrogen (secondary N) is 1. The summed E-state index contributed by atoms with van der Waals surface area (Å²) in [6, 6.07) is -0.0854. The molecule has 158 valence electrons. The zero-order valence-corrected chi connectivity index (χ0v) is 17.2. The fourth-order valence-electron chi connectivity index (χ4n) is 3.42. The summed E-state index contributed by atoms with van der Waals surface area (Å²) in [5.41, 5.74) is 0.432. The normalized spacial score (nSPS) is 15.0. The molecule has 3 rings (SSSR count). The molecule has 1 aliphatic rings. The molecule has 2 aromatic rings. The third-order valence-corrected chi connectivity index (χ3v) is 6.05. The van der Waals surface area contributed by atoms with Crippen molar-refractivity contribution in [2.75, 3.05) is 11.9 Å². The summed E-state index contributed by atoms with van der Waals surface area (Å²) in [7, 11) is 0. The zero-order valence-electron chi connectivity index (χ0n) is 16.4. The number of alkyl halides is 3. The predicted octanol–water partition coefficient (Wildman–Crippen LogP) is 4.53. The SMILES string of the molecule is CCOC(=O)c1c(NC(=O)C(C)n2nc(C(F)(F)F)cc2C)sc2c1CCCC2. The number of anilines is 1. The van der Waals surface area contributed by atoms with Crippen LogP contribution in [0.3, 0.4) is 0 Å². The van der Waals surface area contributed by atoms with Crippen molar-refractivity contribution in [3.8, 4) is 0 Å². The molecule has 29 heavy (non-hydrogen) atoms. The fourth-order valence-corrected chi connectivity index (χ4v) is 4.70. The average molecular weight is 429 g/mol. The summed E-state index contributed by atoms with van der Waals surface area (Å²) in [6.07, 6.45) is -1.07. The summed E-state index contributed by atoms with van der Waals surface area (Å²) < 4.78 is 44.9. The van der Waals surface area contributed by atoms with E-state index in [1.807, 2.05) is 0 Å². The lowest BCUT2D eigenvalue weighted by molar-refractivity contribution is -0.141. The third-order valence-electron chi connectivity index (χ3n) is 4.85. The number of aromatic nitrogens is 2. The first-order chi connectivity index (χ1) is 13.6. The van der Waals surface area contributed by atoms with E-state index in [-0.39, 0.29) is 12.3 Å². The van der Waals surface area contributed by atoms with Crippen molar-refractivity contribution in [1.29, 1.82) is 0 Å². The number of carbonyl (C=O) groups is 2. The lowest BCUT2D eigenvalue weighted by Gasteiger charge is -2.15. The van der Waals surface area contributed by atoms with Gasteiger partial charge in [0.15, 0.2) is 5.69 Å². The molecule has 2 aromatic heterocycles. The van der Waals surface area contributed by atoms with E-state index < -0.39 is 29.8 Å². The van der Waals surface area contributed by atoms with Crippen LogP contribution < -0.4 is 5.32 Å². The maximum atomic E-state index is 12.9. The molecule has 0 spiro atoms. The van der Waals surface area contributed by atoms with Crippen LogP contribution in [0.2, 0.25) is 0 Å². The molecule has 0 aromatic carbocycles. The molecule has 1 amide bonds. The van der Waals surface area contributed by atoms with Gasteiger partial charge in [-0.2, -0.15) is 18.3 Å². The Morgan fingerprint density at radius 1 is 1.34 bits per heavy atom. The van der Waals surface area contributed by atoms with E-state index in [1.54, 1.807) is 6.92 Å². The van der Waals surface area contributed by atoms with Crippen molar-refractivity contribution < 1.29 is 27.5 Å². The molecular weight excluding hydrogens is 407 g/mol. The minimum Gasteiger partial charge on any atom is -0.462 e. The lowest BCUT2D eigenvalue weighted by Crippen LogP contribution is -2.26. The number of thiophene rings is 1. The molecule has 10 heteroatoms. The minimum atomic E-state index is -4.59. The van der Waals surface area contributed by atoms with Gasteiger partial charge in [0.1, 0.15) is 11.0 Å². The summed E-state index contributed by atoms with van der Waals surface area (Å²) >= 11 is 1.33. The summed E-state index contributed by atoms with van der Waals surface area (Å²) in [4.78, 5) is 26.3. The first-order valence-corrected chi connectivity index (χ1v) is 10.2.